The van der Waals surface area contributed by atoms with Crippen molar-refractivity contribution in [1.82, 2.24) is 0 Å². The van der Waals surface area contributed by atoms with Gasteiger partial charge in [0.05, 0.1) is 19.4 Å². The van der Waals surface area contributed by atoms with E-state index in [2.05, 4.69) is 10.6 Å². The summed E-state index contributed by atoms with van der Waals surface area (Å²) in [5, 5.41) is 5.58. The topological polar surface area (TPSA) is 85.9 Å². The molecular formula is C24H24N2O5. The normalized spacial score (nSPS) is 10.1. The Hall–Kier alpha value is -4.00. The van der Waals surface area contributed by atoms with E-state index in [4.69, 9.17) is 14.2 Å². The van der Waals surface area contributed by atoms with Gasteiger partial charge in [-0.2, -0.15) is 0 Å². The van der Waals surface area contributed by atoms with Gasteiger partial charge in [-0.25, -0.2) is 0 Å². The van der Waals surface area contributed by atoms with Gasteiger partial charge in [0.1, 0.15) is 17.2 Å². The van der Waals surface area contributed by atoms with Crippen LogP contribution in [0.5, 0.6) is 17.2 Å². The van der Waals surface area contributed by atoms with Gasteiger partial charge in [0.15, 0.2) is 6.61 Å². The number of amides is 2. The molecule has 0 unspecified atom stereocenters. The molecule has 160 valence electrons. The van der Waals surface area contributed by atoms with E-state index in [-0.39, 0.29) is 18.4 Å². The number of hydrogen-bond donors (Lipinski definition) is 2. The Morgan fingerprint density at radius 2 is 1.48 bits per heavy atom. The van der Waals surface area contributed by atoms with E-state index in [9.17, 15) is 9.59 Å². The Bertz CT molecular complexity index is 1020. The Kier molecular flexibility index (Phi) is 7.48. The van der Waals surface area contributed by atoms with Crippen molar-refractivity contribution >= 4 is 23.2 Å². The van der Waals surface area contributed by atoms with Gasteiger partial charge in [-0.05, 0) is 67.6 Å². The molecule has 7 heteroatoms. The first-order valence-electron chi connectivity index (χ1n) is 9.79. The number of benzene rings is 3. The van der Waals surface area contributed by atoms with E-state index in [0.717, 1.165) is 0 Å². The van der Waals surface area contributed by atoms with Gasteiger partial charge in [-0.3, -0.25) is 9.59 Å². The van der Waals surface area contributed by atoms with Crippen molar-refractivity contribution in [2.24, 2.45) is 0 Å². The molecule has 0 bridgehead atoms. The van der Waals surface area contributed by atoms with Crippen molar-refractivity contribution in [3.8, 4) is 17.2 Å². The highest BCUT2D eigenvalue weighted by Crippen LogP contribution is 2.23. The first-order chi connectivity index (χ1) is 15.1. The molecule has 0 radical (unpaired) electrons. The molecule has 0 aliphatic heterocycles. The second-order valence-corrected chi connectivity index (χ2v) is 6.47. The molecule has 2 amide bonds. The standard InChI is InChI=1S/C24H24N2O5/c1-3-30-22-7-5-4-6-21(22)26-23(27)16-31-20-12-8-17(9-13-20)24(28)25-18-10-14-19(29-2)15-11-18/h4-15H,3,16H2,1-2H3,(H,25,28)(H,26,27). The maximum absolute atomic E-state index is 12.4. The summed E-state index contributed by atoms with van der Waals surface area (Å²) < 4.78 is 16.1. The summed E-state index contributed by atoms with van der Waals surface area (Å²) in [6, 6.07) is 20.8. The minimum Gasteiger partial charge on any atom is -0.497 e. The number of carbonyl (C=O) groups is 2. The summed E-state index contributed by atoms with van der Waals surface area (Å²) >= 11 is 0. The summed E-state index contributed by atoms with van der Waals surface area (Å²) in [6.07, 6.45) is 0. The lowest BCUT2D eigenvalue weighted by atomic mass is 10.2. The smallest absolute Gasteiger partial charge is 0.262 e. The van der Waals surface area contributed by atoms with Crippen molar-refractivity contribution in [3.05, 3.63) is 78.4 Å². The number of rotatable bonds is 9. The quantitative estimate of drug-likeness (QED) is 0.537. The van der Waals surface area contributed by atoms with Gasteiger partial charge in [0, 0.05) is 11.3 Å². The fraction of sp³-hybridized carbons (Fsp3) is 0.167. The minimum absolute atomic E-state index is 0.169. The molecule has 31 heavy (non-hydrogen) atoms. The molecule has 7 nitrogen and oxygen atoms in total. The van der Waals surface area contributed by atoms with Crippen LogP contribution in [0, 0.1) is 0 Å². The van der Waals surface area contributed by atoms with Crippen LogP contribution >= 0.6 is 0 Å². The molecule has 0 aliphatic rings. The maximum atomic E-state index is 12.4. The van der Waals surface area contributed by atoms with Crippen molar-refractivity contribution < 1.29 is 23.8 Å². The van der Waals surface area contributed by atoms with Crippen LogP contribution in [0.1, 0.15) is 17.3 Å². The SMILES string of the molecule is CCOc1ccccc1NC(=O)COc1ccc(C(=O)Nc2ccc(OC)cc2)cc1. The third-order valence-electron chi connectivity index (χ3n) is 4.30. The Morgan fingerprint density at radius 1 is 0.806 bits per heavy atom. The zero-order chi connectivity index (χ0) is 22.1. The van der Waals surface area contributed by atoms with Gasteiger partial charge in [0.2, 0.25) is 0 Å². The van der Waals surface area contributed by atoms with Crippen LogP contribution in [0.25, 0.3) is 0 Å². The van der Waals surface area contributed by atoms with Gasteiger partial charge in [-0.1, -0.05) is 12.1 Å². The van der Waals surface area contributed by atoms with Crippen LogP contribution < -0.4 is 24.8 Å². The Balaban J connectivity index is 1.52. The fourth-order valence-electron chi connectivity index (χ4n) is 2.77. The van der Waals surface area contributed by atoms with Crippen molar-refractivity contribution in [1.29, 1.82) is 0 Å². The molecule has 0 spiro atoms. The Morgan fingerprint density at radius 3 is 2.16 bits per heavy atom. The summed E-state index contributed by atoms with van der Waals surface area (Å²) in [6.45, 7) is 2.21. The fourth-order valence-corrected chi connectivity index (χ4v) is 2.77. The molecular weight excluding hydrogens is 396 g/mol. The molecule has 0 fully saturated rings. The molecule has 0 heterocycles. The van der Waals surface area contributed by atoms with Gasteiger partial charge < -0.3 is 24.8 Å². The van der Waals surface area contributed by atoms with E-state index < -0.39 is 0 Å². The van der Waals surface area contributed by atoms with E-state index in [0.29, 0.717) is 40.8 Å². The van der Waals surface area contributed by atoms with Gasteiger partial charge in [-0.15, -0.1) is 0 Å². The highest BCUT2D eigenvalue weighted by Gasteiger charge is 2.10. The number of hydrogen-bond acceptors (Lipinski definition) is 5. The summed E-state index contributed by atoms with van der Waals surface area (Å²) in [7, 11) is 1.58. The third-order valence-corrected chi connectivity index (χ3v) is 4.30. The highest BCUT2D eigenvalue weighted by molar-refractivity contribution is 6.04. The number of anilines is 2. The second kappa shape index (κ2) is 10.7. The number of nitrogens with one attached hydrogen (secondary N) is 2. The molecule has 0 atom stereocenters. The highest BCUT2D eigenvalue weighted by atomic mass is 16.5. The van der Waals surface area contributed by atoms with E-state index in [1.807, 2.05) is 19.1 Å². The average molecular weight is 420 g/mol. The summed E-state index contributed by atoms with van der Waals surface area (Å²) in [5.74, 6) is 1.24. The van der Waals surface area contributed by atoms with Gasteiger partial charge in [0.25, 0.3) is 11.8 Å². The number of methoxy groups -OCH3 is 1. The van der Waals surface area contributed by atoms with E-state index in [1.165, 1.54) is 0 Å². The Labute approximate surface area is 180 Å². The van der Waals surface area contributed by atoms with E-state index in [1.54, 1.807) is 67.8 Å². The first-order valence-corrected chi connectivity index (χ1v) is 9.79. The summed E-state index contributed by atoms with van der Waals surface area (Å²) in [5.41, 5.74) is 1.72. The average Bonchev–Trinajstić information content (AvgIpc) is 2.80. The molecule has 0 aromatic heterocycles. The zero-order valence-corrected chi connectivity index (χ0v) is 17.4. The summed E-state index contributed by atoms with van der Waals surface area (Å²) in [4.78, 5) is 24.6. The van der Waals surface area contributed by atoms with Crippen LogP contribution in [0.2, 0.25) is 0 Å². The van der Waals surface area contributed by atoms with Gasteiger partial charge >= 0.3 is 0 Å². The first kappa shape index (κ1) is 21.7. The predicted octanol–water partition coefficient (Wildman–Crippen LogP) is 4.36. The van der Waals surface area contributed by atoms with Crippen molar-refractivity contribution in [2.75, 3.05) is 31.0 Å². The molecule has 0 saturated heterocycles. The number of ether oxygens (including phenoxy) is 3. The lowest BCUT2D eigenvalue weighted by Crippen LogP contribution is -2.20. The number of para-hydroxylation sites is 2. The monoisotopic (exact) mass is 420 g/mol. The van der Waals surface area contributed by atoms with E-state index >= 15 is 0 Å². The van der Waals surface area contributed by atoms with Crippen molar-refractivity contribution in [3.63, 3.8) is 0 Å². The lowest BCUT2D eigenvalue weighted by molar-refractivity contribution is -0.118. The number of carbonyl (C=O) groups excluding carboxylic acids is 2. The molecule has 3 aromatic carbocycles. The van der Waals surface area contributed by atoms with Crippen molar-refractivity contribution in [2.45, 2.75) is 6.92 Å². The molecule has 0 aliphatic carbocycles. The van der Waals surface area contributed by atoms with Crippen LogP contribution in [0.15, 0.2) is 72.8 Å². The largest absolute Gasteiger partial charge is 0.497 e. The minimum atomic E-state index is -0.312. The predicted molar refractivity (Wildman–Crippen MR) is 119 cm³/mol. The molecule has 3 aromatic rings. The van der Waals surface area contributed by atoms with Crippen LogP contribution in [0.4, 0.5) is 11.4 Å². The lowest BCUT2D eigenvalue weighted by Gasteiger charge is -2.12. The second-order valence-electron chi connectivity index (χ2n) is 6.47. The molecule has 0 saturated carbocycles. The maximum Gasteiger partial charge on any atom is 0.262 e. The van der Waals surface area contributed by atoms with Crippen LogP contribution in [-0.2, 0) is 4.79 Å². The van der Waals surface area contributed by atoms with Crippen LogP contribution in [0.3, 0.4) is 0 Å². The molecule has 3 rings (SSSR count). The van der Waals surface area contributed by atoms with Crippen LogP contribution in [-0.4, -0.2) is 32.1 Å². The zero-order valence-electron chi connectivity index (χ0n) is 17.4. The molecule has 2 N–H and O–H groups in total. The third kappa shape index (κ3) is 6.24.